The zero-order valence-electron chi connectivity index (χ0n) is 12.3. The largest absolute Gasteiger partial charge is 0.370 e. The predicted octanol–water partition coefficient (Wildman–Crippen LogP) is 0.708. The molecule has 1 aromatic carbocycles. The fraction of sp³-hybridized carbons (Fsp3) is 0.400. The van der Waals surface area contributed by atoms with E-state index in [9.17, 15) is 9.59 Å². The Balaban J connectivity index is 2.28. The second-order valence-electron chi connectivity index (χ2n) is 5.28. The molecule has 21 heavy (non-hydrogen) atoms. The molecule has 0 aliphatic carbocycles. The number of amides is 2. The molecule has 0 spiro atoms. The topological polar surface area (TPSA) is 102 Å². The van der Waals surface area contributed by atoms with Crippen molar-refractivity contribution in [2.45, 2.75) is 32.7 Å². The molecule has 1 fully saturated rings. The summed E-state index contributed by atoms with van der Waals surface area (Å²) >= 11 is 0. The molecule has 112 valence electrons. The van der Waals surface area contributed by atoms with Gasteiger partial charge in [-0.25, -0.2) is 0 Å². The predicted molar refractivity (Wildman–Crippen MR) is 80.8 cm³/mol. The molecule has 1 aromatic rings. The maximum atomic E-state index is 12.7. The van der Waals surface area contributed by atoms with E-state index in [0.717, 1.165) is 17.5 Å². The quantitative estimate of drug-likeness (QED) is 0.618. The molecule has 1 aliphatic heterocycles. The van der Waals surface area contributed by atoms with Crippen molar-refractivity contribution in [1.29, 1.82) is 0 Å². The van der Waals surface area contributed by atoms with E-state index >= 15 is 0 Å². The first-order valence-corrected chi connectivity index (χ1v) is 6.92. The van der Waals surface area contributed by atoms with Gasteiger partial charge < -0.3 is 16.4 Å². The molecule has 2 rings (SSSR count). The Hall–Kier alpha value is -2.37. The number of nitrogens with zero attached hydrogens (tertiary/aromatic N) is 2. The Labute approximate surface area is 123 Å². The Morgan fingerprint density at radius 3 is 2.67 bits per heavy atom. The normalized spacial score (nSPS) is 17.6. The Morgan fingerprint density at radius 2 is 2.00 bits per heavy atom. The number of hydrogen-bond acceptors (Lipinski definition) is 2. The van der Waals surface area contributed by atoms with Gasteiger partial charge in [0.1, 0.15) is 6.04 Å². The van der Waals surface area contributed by atoms with Crippen LogP contribution in [0.5, 0.6) is 0 Å². The van der Waals surface area contributed by atoms with Crippen molar-refractivity contribution in [3.63, 3.8) is 0 Å². The van der Waals surface area contributed by atoms with Gasteiger partial charge in [0.05, 0.1) is 0 Å². The first kappa shape index (κ1) is 15.0. The zero-order chi connectivity index (χ0) is 15.6. The van der Waals surface area contributed by atoms with E-state index < -0.39 is 11.9 Å². The highest BCUT2D eigenvalue weighted by Crippen LogP contribution is 2.23. The summed E-state index contributed by atoms with van der Waals surface area (Å²) in [5.74, 6) is -0.866. The lowest BCUT2D eigenvalue weighted by Crippen LogP contribution is -2.41. The Kier molecular flexibility index (Phi) is 4.26. The van der Waals surface area contributed by atoms with Crippen LogP contribution in [-0.4, -0.2) is 35.3 Å². The van der Waals surface area contributed by atoms with E-state index in [1.807, 2.05) is 26.0 Å². The summed E-state index contributed by atoms with van der Waals surface area (Å²) in [5.41, 5.74) is 13.1. The average Bonchev–Trinajstić information content (AvgIpc) is 2.89. The van der Waals surface area contributed by atoms with Crippen molar-refractivity contribution >= 4 is 17.8 Å². The minimum atomic E-state index is -0.570. The molecule has 0 saturated carbocycles. The van der Waals surface area contributed by atoms with E-state index in [4.69, 9.17) is 11.5 Å². The molecule has 1 unspecified atom stereocenters. The summed E-state index contributed by atoms with van der Waals surface area (Å²) in [5, 5.41) is 0. The monoisotopic (exact) mass is 288 g/mol. The van der Waals surface area contributed by atoms with Gasteiger partial charge in [-0.2, -0.15) is 4.99 Å². The van der Waals surface area contributed by atoms with Crippen molar-refractivity contribution in [3.8, 4) is 0 Å². The standard InChI is InChI=1S/C15H20N4O2/c1-9-5-3-6-11(10(9)2)14(21)19-8-4-7-12(19)13(20)18-15(16)17/h3,5-6,12H,4,7-8H2,1-2H3,(H4,16,17,18,20). The molecule has 1 saturated heterocycles. The van der Waals surface area contributed by atoms with Gasteiger partial charge in [-0.15, -0.1) is 0 Å². The van der Waals surface area contributed by atoms with Crippen LogP contribution in [0.15, 0.2) is 23.2 Å². The third-order valence-corrected chi connectivity index (χ3v) is 3.87. The molecule has 1 aliphatic rings. The molecule has 1 atom stereocenters. The minimum Gasteiger partial charge on any atom is -0.370 e. The summed E-state index contributed by atoms with van der Waals surface area (Å²) in [6.45, 7) is 4.41. The van der Waals surface area contributed by atoms with Gasteiger partial charge in [-0.3, -0.25) is 9.59 Å². The summed E-state index contributed by atoms with van der Waals surface area (Å²) < 4.78 is 0. The van der Waals surface area contributed by atoms with E-state index in [-0.39, 0.29) is 11.9 Å². The molecule has 1 heterocycles. The SMILES string of the molecule is Cc1cccc(C(=O)N2CCCC2C(=O)N=C(N)N)c1C. The lowest BCUT2D eigenvalue weighted by molar-refractivity contribution is -0.121. The van der Waals surface area contributed by atoms with Gasteiger partial charge in [-0.1, -0.05) is 12.1 Å². The van der Waals surface area contributed by atoms with Gasteiger partial charge >= 0.3 is 0 Å². The van der Waals surface area contributed by atoms with Crippen molar-refractivity contribution in [3.05, 3.63) is 34.9 Å². The number of carbonyl (C=O) groups excluding carboxylic acids is 2. The first-order chi connectivity index (χ1) is 9.91. The number of benzene rings is 1. The third-order valence-electron chi connectivity index (χ3n) is 3.87. The van der Waals surface area contributed by atoms with Crippen LogP contribution in [-0.2, 0) is 4.79 Å². The number of carbonyl (C=O) groups is 2. The highest BCUT2D eigenvalue weighted by molar-refractivity contribution is 6.01. The van der Waals surface area contributed by atoms with Gasteiger partial charge in [0.25, 0.3) is 11.8 Å². The molecule has 0 radical (unpaired) electrons. The van der Waals surface area contributed by atoms with Crippen LogP contribution in [0.4, 0.5) is 0 Å². The number of rotatable bonds is 2. The molecule has 4 N–H and O–H groups in total. The lowest BCUT2D eigenvalue weighted by atomic mass is 10.0. The maximum absolute atomic E-state index is 12.7. The number of likely N-dealkylation sites (tertiary alicyclic amines) is 1. The zero-order valence-corrected chi connectivity index (χ0v) is 12.3. The Morgan fingerprint density at radius 1 is 1.29 bits per heavy atom. The second kappa shape index (κ2) is 5.95. The molecule has 0 bridgehead atoms. The fourth-order valence-electron chi connectivity index (χ4n) is 2.61. The molecule has 2 amide bonds. The summed E-state index contributed by atoms with van der Waals surface area (Å²) in [6, 6.07) is 5.02. The lowest BCUT2D eigenvalue weighted by Gasteiger charge is -2.23. The van der Waals surface area contributed by atoms with Crippen molar-refractivity contribution in [1.82, 2.24) is 4.90 Å². The van der Waals surface area contributed by atoms with Crippen LogP contribution in [0.2, 0.25) is 0 Å². The highest BCUT2D eigenvalue weighted by atomic mass is 16.2. The Bertz CT molecular complexity index is 606. The smallest absolute Gasteiger partial charge is 0.271 e. The number of aliphatic imine (C=N–C) groups is 1. The fourth-order valence-corrected chi connectivity index (χ4v) is 2.61. The highest BCUT2D eigenvalue weighted by Gasteiger charge is 2.35. The molecule has 6 heteroatoms. The van der Waals surface area contributed by atoms with E-state index in [2.05, 4.69) is 4.99 Å². The van der Waals surface area contributed by atoms with Crippen LogP contribution in [0.3, 0.4) is 0 Å². The van der Waals surface area contributed by atoms with Crippen LogP contribution in [0, 0.1) is 13.8 Å². The molecular weight excluding hydrogens is 268 g/mol. The average molecular weight is 288 g/mol. The van der Waals surface area contributed by atoms with Crippen LogP contribution in [0.25, 0.3) is 0 Å². The molecular formula is C15H20N4O2. The molecule has 0 aromatic heterocycles. The molecule has 6 nitrogen and oxygen atoms in total. The summed E-state index contributed by atoms with van der Waals surface area (Å²) in [7, 11) is 0. The second-order valence-corrected chi connectivity index (χ2v) is 5.28. The van der Waals surface area contributed by atoms with Gasteiger partial charge in [0.15, 0.2) is 5.96 Å². The minimum absolute atomic E-state index is 0.141. The van der Waals surface area contributed by atoms with E-state index in [0.29, 0.717) is 18.5 Å². The van der Waals surface area contributed by atoms with Gasteiger partial charge in [-0.05, 0) is 43.9 Å². The van der Waals surface area contributed by atoms with Crippen molar-refractivity contribution in [2.24, 2.45) is 16.5 Å². The number of nitrogens with two attached hydrogens (primary N) is 2. The first-order valence-electron chi connectivity index (χ1n) is 6.92. The van der Waals surface area contributed by atoms with Crippen LogP contribution >= 0.6 is 0 Å². The summed E-state index contributed by atoms with van der Waals surface area (Å²) in [6.07, 6.45) is 1.36. The number of aryl methyl sites for hydroxylation is 1. The van der Waals surface area contributed by atoms with Crippen LogP contribution in [0.1, 0.15) is 34.3 Å². The van der Waals surface area contributed by atoms with Gasteiger partial charge in [0, 0.05) is 12.1 Å². The van der Waals surface area contributed by atoms with Crippen molar-refractivity contribution < 1.29 is 9.59 Å². The third kappa shape index (κ3) is 3.04. The number of guanidine groups is 1. The van der Waals surface area contributed by atoms with E-state index in [1.165, 1.54) is 0 Å². The number of hydrogen-bond donors (Lipinski definition) is 2. The van der Waals surface area contributed by atoms with E-state index in [1.54, 1.807) is 11.0 Å². The van der Waals surface area contributed by atoms with Gasteiger partial charge in [0.2, 0.25) is 0 Å². The summed E-state index contributed by atoms with van der Waals surface area (Å²) in [4.78, 5) is 29.8. The van der Waals surface area contributed by atoms with Crippen LogP contribution < -0.4 is 11.5 Å². The van der Waals surface area contributed by atoms with Crippen molar-refractivity contribution in [2.75, 3.05) is 6.54 Å². The maximum Gasteiger partial charge on any atom is 0.271 e.